The Balaban J connectivity index is 3.03. The van der Waals surface area contributed by atoms with E-state index < -0.39 is 24.0 Å². The van der Waals surface area contributed by atoms with Gasteiger partial charge in [0.2, 0.25) is 0 Å². The van der Waals surface area contributed by atoms with Crippen molar-refractivity contribution in [3.8, 4) is 0 Å². The number of hydrogen-bond donors (Lipinski definition) is 3. The van der Waals surface area contributed by atoms with Crippen LogP contribution >= 0.6 is 0 Å². The molecule has 3 N–H and O–H groups in total. The molecule has 0 bridgehead atoms. The summed E-state index contributed by atoms with van der Waals surface area (Å²) in [5.74, 6) is -2.53. The first-order valence-corrected chi connectivity index (χ1v) is 3.25. The molecule has 0 aliphatic carbocycles. The van der Waals surface area contributed by atoms with Gasteiger partial charge in [0.25, 0.3) is 5.56 Å². The molecule has 0 aliphatic heterocycles. The molecular formula is C6H6N2O5. The third kappa shape index (κ3) is 1.95. The summed E-state index contributed by atoms with van der Waals surface area (Å²) in [5.41, 5.74) is -1.01. The van der Waals surface area contributed by atoms with Gasteiger partial charge < -0.3 is 10.2 Å². The molecule has 0 saturated heterocycles. The van der Waals surface area contributed by atoms with Gasteiger partial charge in [-0.05, 0) is 0 Å². The molecule has 0 saturated carbocycles. The lowest BCUT2D eigenvalue weighted by atomic mass is 10.4. The number of carboxylic acids is 2. The third-order valence-corrected chi connectivity index (χ3v) is 1.31. The SMILES string of the molecule is O=C(O)Cn1[nH]c(C(=O)O)cc1=O. The van der Waals surface area contributed by atoms with Crippen LogP contribution in [0, 0.1) is 0 Å². The zero-order chi connectivity index (χ0) is 10.0. The lowest BCUT2D eigenvalue weighted by Gasteiger charge is -1.94. The van der Waals surface area contributed by atoms with Crippen LogP contribution in [-0.2, 0) is 11.3 Å². The average molecular weight is 186 g/mol. The number of aromatic nitrogens is 2. The van der Waals surface area contributed by atoms with E-state index >= 15 is 0 Å². The monoisotopic (exact) mass is 186 g/mol. The molecule has 0 unspecified atom stereocenters. The fourth-order valence-corrected chi connectivity index (χ4v) is 0.796. The normalized spacial score (nSPS) is 9.85. The highest BCUT2D eigenvalue weighted by Crippen LogP contribution is 1.89. The van der Waals surface area contributed by atoms with Crippen molar-refractivity contribution in [3.63, 3.8) is 0 Å². The largest absolute Gasteiger partial charge is 0.480 e. The predicted octanol–water partition coefficient (Wildman–Crippen LogP) is -1.04. The van der Waals surface area contributed by atoms with Crippen molar-refractivity contribution in [1.82, 2.24) is 9.78 Å². The Morgan fingerprint density at radius 2 is 2.08 bits per heavy atom. The maximum atomic E-state index is 10.9. The zero-order valence-electron chi connectivity index (χ0n) is 6.35. The van der Waals surface area contributed by atoms with Crippen LogP contribution < -0.4 is 5.56 Å². The highest BCUT2D eigenvalue weighted by atomic mass is 16.4. The Hall–Kier alpha value is -2.05. The van der Waals surface area contributed by atoms with E-state index in [2.05, 4.69) is 5.10 Å². The van der Waals surface area contributed by atoms with Gasteiger partial charge in [-0.3, -0.25) is 14.7 Å². The minimum Gasteiger partial charge on any atom is -0.480 e. The summed E-state index contributed by atoms with van der Waals surface area (Å²) >= 11 is 0. The molecule has 0 aromatic carbocycles. The van der Waals surface area contributed by atoms with Crippen LogP contribution in [0.25, 0.3) is 0 Å². The van der Waals surface area contributed by atoms with Crippen LogP contribution in [0.5, 0.6) is 0 Å². The molecule has 7 nitrogen and oxygen atoms in total. The summed E-state index contributed by atoms with van der Waals surface area (Å²) in [6.45, 7) is -0.577. The Morgan fingerprint density at radius 1 is 1.46 bits per heavy atom. The number of carboxylic acid groups (broad SMARTS) is 2. The van der Waals surface area contributed by atoms with Crippen molar-refractivity contribution >= 4 is 11.9 Å². The van der Waals surface area contributed by atoms with E-state index in [4.69, 9.17) is 10.2 Å². The molecule has 1 aromatic heterocycles. The zero-order valence-corrected chi connectivity index (χ0v) is 6.35. The second-order valence-corrected chi connectivity index (χ2v) is 2.29. The minimum atomic E-state index is -1.30. The number of nitrogens with zero attached hydrogens (tertiary/aromatic N) is 1. The van der Waals surface area contributed by atoms with Crippen LogP contribution in [0.3, 0.4) is 0 Å². The number of aliphatic carboxylic acids is 1. The Kier molecular flexibility index (Phi) is 2.18. The third-order valence-electron chi connectivity index (χ3n) is 1.31. The van der Waals surface area contributed by atoms with Crippen LogP contribution in [0.15, 0.2) is 10.9 Å². The molecule has 1 rings (SSSR count). The summed E-state index contributed by atoms with van der Waals surface area (Å²) in [6, 6.07) is 0.825. The second kappa shape index (κ2) is 3.13. The number of carbonyl (C=O) groups is 2. The molecule has 0 spiro atoms. The highest BCUT2D eigenvalue weighted by molar-refractivity contribution is 5.85. The minimum absolute atomic E-state index is 0.328. The number of hydrogen-bond acceptors (Lipinski definition) is 3. The maximum Gasteiger partial charge on any atom is 0.353 e. The van der Waals surface area contributed by atoms with Crippen molar-refractivity contribution in [2.24, 2.45) is 0 Å². The predicted molar refractivity (Wildman–Crippen MR) is 39.6 cm³/mol. The summed E-state index contributed by atoms with van der Waals surface area (Å²) in [4.78, 5) is 31.4. The molecule has 0 aliphatic rings. The van der Waals surface area contributed by atoms with Gasteiger partial charge in [0.05, 0.1) is 0 Å². The van der Waals surface area contributed by atoms with Gasteiger partial charge >= 0.3 is 11.9 Å². The quantitative estimate of drug-likeness (QED) is 0.558. The fraction of sp³-hybridized carbons (Fsp3) is 0.167. The molecule has 0 atom stereocenters. The van der Waals surface area contributed by atoms with Crippen LogP contribution in [-0.4, -0.2) is 31.9 Å². The number of H-pyrrole nitrogens is 1. The van der Waals surface area contributed by atoms with Gasteiger partial charge in [-0.1, -0.05) is 0 Å². The number of aromatic carboxylic acids is 1. The first-order chi connectivity index (χ1) is 6.00. The second-order valence-electron chi connectivity index (χ2n) is 2.29. The van der Waals surface area contributed by atoms with Crippen LogP contribution in [0.4, 0.5) is 0 Å². The lowest BCUT2D eigenvalue weighted by Crippen LogP contribution is -2.21. The van der Waals surface area contributed by atoms with Gasteiger partial charge in [-0.15, -0.1) is 0 Å². The average Bonchev–Trinajstić information content (AvgIpc) is 2.31. The number of aromatic amines is 1. The summed E-state index contributed by atoms with van der Waals surface area (Å²) < 4.78 is 0.700. The van der Waals surface area contributed by atoms with Crippen molar-refractivity contribution in [2.75, 3.05) is 0 Å². The molecule has 1 heterocycles. The van der Waals surface area contributed by atoms with Gasteiger partial charge in [0.1, 0.15) is 12.2 Å². The summed E-state index contributed by atoms with van der Waals surface area (Å²) in [5, 5.41) is 18.9. The van der Waals surface area contributed by atoms with Crippen LogP contribution in [0.2, 0.25) is 0 Å². The molecule has 13 heavy (non-hydrogen) atoms. The van der Waals surface area contributed by atoms with Gasteiger partial charge in [-0.2, -0.15) is 0 Å². The van der Waals surface area contributed by atoms with E-state index in [-0.39, 0.29) is 5.69 Å². The first-order valence-electron chi connectivity index (χ1n) is 3.25. The number of nitrogens with one attached hydrogen (secondary N) is 1. The standard InChI is InChI=1S/C6H6N2O5/c9-4-1-3(6(12)13)7-8(4)2-5(10)11/h1,7H,2H2,(H,10,11)(H,12,13). The molecule has 0 radical (unpaired) electrons. The Labute approximate surface area is 71.2 Å². The Bertz CT molecular complexity index is 401. The van der Waals surface area contributed by atoms with Crippen molar-refractivity contribution in [3.05, 3.63) is 22.1 Å². The molecule has 1 aromatic rings. The summed E-state index contributed by atoms with van der Waals surface area (Å²) in [7, 11) is 0. The van der Waals surface area contributed by atoms with E-state index in [1.165, 1.54) is 0 Å². The van der Waals surface area contributed by atoms with Crippen molar-refractivity contribution in [1.29, 1.82) is 0 Å². The smallest absolute Gasteiger partial charge is 0.353 e. The molecule has 0 amide bonds. The molecule has 0 fully saturated rings. The molecular weight excluding hydrogens is 180 g/mol. The molecule has 70 valence electrons. The van der Waals surface area contributed by atoms with Gasteiger partial charge in [0.15, 0.2) is 0 Å². The van der Waals surface area contributed by atoms with E-state index in [1.807, 2.05) is 0 Å². The lowest BCUT2D eigenvalue weighted by molar-refractivity contribution is -0.137. The van der Waals surface area contributed by atoms with Gasteiger partial charge in [-0.25, -0.2) is 9.48 Å². The molecule has 7 heteroatoms. The Morgan fingerprint density at radius 3 is 2.46 bits per heavy atom. The first kappa shape index (κ1) is 9.04. The number of rotatable bonds is 3. The van der Waals surface area contributed by atoms with Crippen molar-refractivity contribution < 1.29 is 19.8 Å². The fourth-order valence-electron chi connectivity index (χ4n) is 0.796. The van der Waals surface area contributed by atoms with Crippen molar-refractivity contribution in [2.45, 2.75) is 6.54 Å². The van der Waals surface area contributed by atoms with E-state index in [1.54, 1.807) is 0 Å². The highest BCUT2D eigenvalue weighted by Gasteiger charge is 2.10. The van der Waals surface area contributed by atoms with E-state index in [9.17, 15) is 14.4 Å². The van der Waals surface area contributed by atoms with E-state index in [0.29, 0.717) is 4.68 Å². The van der Waals surface area contributed by atoms with Crippen LogP contribution in [0.1, 0.15) is 10.5 Å². The van der Waals surface area contributed by atoms with E-state index in [0.717, 1.165) is 6.07 Å². The topological polar surface area (TPSA) is 112 Å². The maximum absolute atomic E-state index is 10.9. The summed E-state index contributed by atoms with van der Waals surface area (Å²) in [6.07, 6.45) is 0. The van der Waals surface area contributed by atoms with Gasteiger partial charge in [0, 0.05) is 6.07 Å².